The van der Waals surface area contributed by atoms with Crippen molar-refractivity contribution in [2.24, 2.45) is 11.8 Å². The van der Waals surface area contributed by atoms with E-state index in [1.54, 1.807) is 17.3 Å². The SMILES string of the molecule is Cc1cc(N)c(C)c(S(=O)(=O)N2CC(C)CC(C)C2C)c1. The van der Waals surface area contributed by atoms with Crippen LogP contribution in [0.2, 0.25) is 0 Å². The summed E-state index contributed by atoms with van der Waals surface area (Å²) < 4.78 is 27.8. The summed E-state index contributed by atoms with van der Waals surface area (Å²) in [5, 5.41) is 0. The minimum absolute atomic E-state index is 0.0207. The third kappa shape index (κ3) is 2.94. The Kier molecular flexibility index (Phi) is 4.36. The Morgan fingerprint density at radius 2 is 1.81 bits per heavy atom. The highest BCUT2D eigenvalue weighted by Crippen LogP contribution is 2.33. The van der Waals surface area contributed by atoms with E-state index in [0.717, 1.165) is 12.0 Å². The number of nitrogens with zero attached hydrogens (tertiary/aromatic N) is 1. The van der Waals surface area contributed by atoms with Gasteiger partial charge < -0.3 is 5.73 Å². The molecule has 1 heterocycles. The first-order valence-corrected chi connectivity index (χ1v) is 8.97. The van der Waals surface area contributed by atoms with E-state index in [-0.39, 0.29) is 6.04 Å². The van der Waals surface area contributed by atoms with Gasteiger partial charge in [-0.25, -0.2) is 8.42 Å². The van der Waals surface area contributed by atoms with E-state index in [1.165, 1.54) is 0 Å². The average Bonchev–Trinajstić information content (AvgIpc) is 2.37. The highest BCUT2D eigenvalue weighted by atomic mass is 32.2. The van der Waals surface area contributed by atoms with Crippen LogP contribution in [0.25, 0.3) is 0 Å². The van der Waals surface area contributed by atoms with E-state index in [9.17, 15) is 8.42 Å². The zero-order chi connectivity index (χ0) is 15.9. The normalized spacial score (nSPS) is 27.8. The van der Waals surface area contributed by atoms with Crippen molar-refractivity contribution in [3.8, 4) is 0 Å². The Morgan fingerprint density at radius 3 is 2.43 bits per heavy atom. The van der Waals surface area contributed by atoms with Crippen LogP contribution in [-0.2, 0) is 10.0 Å². The molecule has 1 fully saturated rings. The van der Waals surface area contributed by atoms with Crippen molar-refractivity contribution in [1.29, 1.82) is 0 Å². The summed E-state index contributed by atoms with van der Waals surface area (Å²) in [4.78, 5) is 0.355. The molecule has 4 nitrogen and oxygen atoms in total. The maximum absolute atomic E-state index is 13.1. The lowest BCUT2D eigenvalue weighted by Crippen LogP contribution is -2.48. The summed E-state index contributed by atoms with van der Waals surface area (Å²) in [6.07, 6.45) is 1.07. The van der Waals surface area contributed by atoms with Gasteiger partial charge in [0.1, 0.15) is 0 Å². The van der Waals surface area contributed by atoms with Gasteiger partial charge in [0.25, 0.3) is 0 Å². The minimum atomic E-state index is -3.50. The lowest BCUT2D eigenvalue weighted by molar-refractivity contribution is 0.157. The van der Waals surface area contributed by atoms with Crippen molar-refractivity contribution in [2.75, 3.05) is 12.3 Å². The number of aryl methyl sites for hydroxylation is 1. The van der Waals surface area contributed by atoms with E-state index in [2.05, 4.69) is 13.8 Å². The molecule has 0 aliphatic carbocycles. The first-order valence-electron chi connectivity index (χ1n) is 7.53. The third-order valence-electron chi connectivity index (χ3n) is 4.67. The largest absolute Gasteiger partial charge is 0.398 e. The van der Waals surface area contributed by atoms with Crippen LogP contribution >= 0.6 is 0 Å². The first kappa shape index (κ1) is 16.3. The molecule has 0 spiro atoms. The zero-order valence-corrected chi connectivity index (χ0v) is 14.4. The summed E-state index contributed by atoms with van der Waals surface area (Å²) in [6.45, 7) is 10.5. The molecule has 0 aromatic heterocycles. The van der Waals surface area contributed by atoms with Crippen LogP contribution in [0.3, 0.4) is 0 Å². The van der Waals surface area contributed by atoms with Crippen LogP contribution < -0.4 is 5.73 Å². The van der Waals surface area contributed by atoms with Crippen molar-refractivity contribution in [3.05, 3.63) is 23.3 Å². The van der Waals surface area contributed by atoms with Crippen LogP contribution in [0, 0.1) is 25.7 Å². The van der Waals surface area contributed by atoms with Crippen molar-refractivity contribution < 1.29 is 8.42 Å². The summed E-state index contributed by atoms with van der Waals surface area (Å²) in [5.41, 5.74) is 8.02. The molecule has 21 heavy (non-hydrogen) atoms. The molecule has 0 saturated carbocycles. The smallest absolute Gasteiger partial charge is 0.243 e. The van der Waals surface area contributed by atoms with Crippen molar-refractivity contribution in [1.82, 2.24) is 4.31 Å². The molecule has 2 rings (SSSR count). The fraction of sp³-hybridized carbons (Fsp3) is 0.625. The quantitative estimate of drug-likeness (QED) is 0.854. The average molecular weight is 310 g/mol. The monoisotopic (exact) mass is 310 g/mol. The number of hydrogen-bond acceptors (Lipinski definition) is 3. The predicted molar refractivity (Wildman–Crippen MR) is 86.6 cm³/mol. The van der Waals surface area contributed by atoms with E-state index >= 15 is 0 Å². The van der Waals surface area contributed by atoms with Gasteiger partial charge in [-0.2, -0.15) is 4.31 Å². The van der Waals surface area contributed by atoms with Crippen LogP contribution in [0.1, 0.15) is 38.3 Å². The highest BCUT2D eigenvalue weighted by Gasteiger charge is 2.38. The Hall–Kier alpha value is -1.07. The van der Waals surface area contributed by atoms with Crippen LogP contribution in [-0.4, -0.2) is 25.3 Å². The Morgan fingerprint density at radius 1 is 1.19 bits per heavy atom. The third-order valence-corrected chi connectivity index (χ3v) is 6.75. The van der Waals surface area contributed by atoms with E-state index in [4.69, 9.17) is 5.73 Å². The topological polar surface area (TPSA) is 63.4 Å². The number of nitrogen functional groups attached to an aromatic ring is 1. The van der Waals surface area contributed by atoms with Gasteiger partial charge >= 0.3 is 0 Å². The molecule has 0 radical (unpaired) electrons. The van der Waals surface area contributed by atoms with Crippen LogP contribution in [0.15, 0.2) is 17.0 Å². The standard InChI is InChI=1S/C16H26N2O2S/c1-10-7-15(17)13(4)16(8-10)21(19,20)18-9-11(2)6-12(3)14(18)5/h7-8,11-12,14H,6,9,17H2,1-5H3. The molecule has 1 aliphatic heterocycles. The molecule has 3 atom stereocenters. The minimum Gasteiger partial charge on any atom is -0.398 e. The number of nitrogens with two attached hydrogens (primary N) is 1. The molecule has 1 aromatic rings. The molecule has 0 bridgehead atoms. The van der Waals surface area contributed by atoms with Gasteiger partial charge in [-0.05, 0) is 62.3 Å². The number of sulfonamides is 1. The summed E-state index contributed by atoms with van der Waals surface area (Å²) in [6, 6.07) is 3.57. The zero-order valence-electron chi connectivity index (χ0n) is 13.6. The second-order valence-corrected chi connectivity index (χ2v) is 8.47. The highest BCUT2D eigenvalue weighted by molar-refractivity contribution is 7.89. The Labute approximate surface area is 128 Å². The van der Waals surface area contributed by atoms with Crippen molar-refractivity contribution in [3.63, 3.8) is 0 Å². The summed E-state index contributed by atoms with van der Waals surface area (Å²) in [7, 11) is -3.50. The summed E-state index contributed by atoms with van der Waals surface area (Å²) in [5.74, 6) is 0.749. The number of hydrogen-bond donors (Lipinski definition) is 1. The number of benzene rings is 1. The second-order valence-electron chi connectivity index (χ2n) is 6.61. The van der Waals surface area contributed by atoms with Crippen molar-refractivity contribution in [2.45, 2.75) is 52.0 Å². The second kappa shape index (κ2) is 5.61. The molecule has 1 saturated heterocycles. The van der Waals surface area contributed by atoms with Gasteiger partial charge in [-0.3, -0.25) is 0 Å². The van der Waals surface area contributed by atoms with Crippen molar-refractivity contribution >= 4 is 15.7 Å². The van der Waals surface area contributed by atoms with Crippen LogP contribution in [0.5, 0.6) is 0 Å². The number of anilines is 1. The van der Waals surface area contributed by atoms with E-state index in [1.807, 2.05) is 19.9 Å². The lowest BCUT2D eigenvalue weighted by Gasteiger charge is -2.40. The number of piperidine rings is 1. The van der Waals surface area contributed by atoms with Gasteiger partial charge in [0.05, 0.1) is 4.90 Å². The maximum atomic E-state index is 13.1. The summed E-state index contributed by atoms with van der Waals surface area (Å²) >= 11 is 0. The van der Waals surface area contributed by atoms with Crippen LogP contribution in [0.4, 0.5) is 5.69 Å². The predicted octanol–water partition coefficient (Wildman–Crippen LogP) is 2.94. The Balaban J connectivity index is 2.51. The Bertz CT molecular complexity index is 640. The fourth-order valence-corrected chi connectivity index (χ4v) is 5.42. The molecule has 2 N–H and O–H groups in total. The van der Waals surface area contributed by atoms with Gasteiger partial charge in [0.2, 0.25) is 10.0 Å². The molecule has 0 amide bonds. The first-order chi connectivity index (χ1) is 9.64. The number of rotatable bonds is 2. The van der Waals surface area contributed by atoms with E-state index < -0.39 is 10.0 Å². The lowest BCUT2D eigenvalue weighted by atomic mass is 9.88. The molecule has 5 heteroatoms. The molecule has 1 aromatic carbocycles. The molecule has 3 unspecified atom stereocenters. The maximum Gasteiger partial charge on any atom is 0.243 e. The molecular weight excluding hydrogens is 284 g/mol. The molecular formula is C16H26N2O2S. The van der Waals surface area contributed by atoms with E-state index in [0.29, 0.717) is 34.5 Å². The molecule has 118 valence electrons. The van der Waals surface area contributed by atoms with Gasteiger partial charge in [-0.15, -0.1) is 0 Å². The van der Waals surface area contributed by atoms with Gasteiger partial charge in [0, 0.05) is 18.3 Å². The van der Waals surface area contributed by atoms with Gasteiger partial charge in [-0.1, -0.05) is 13.8 Å². The molecule has 1 aliphatic rings. The van der Waals surface area contributed by atoms with Gasteiger partial charge in [0.15, 0.2) is 0 Å². The fourth-order valence-electron chi connectivity index (χ4n) is 3.23.